The van der Waals surface area contributed by atoms with Crippen molar-refractivity contribution in [1.29, 1.82) is 0 Å². The first-order chi connectivity index (χ1) is 14.3. The third-order valence-electron chi connectivity index (χ3n) is 4.72. The lowest BCUT2D eigenvalue weighted by atomic mass is 10.2. The molecule has 0 saturated heterocycles. The fourth-order valence-corrected chi connectivity index (χ4v) is 4.83. The summed E-state index contributed by atoms with van der Waals surface area (Å²) in [6, 6.07) is 15.1. The monoisotopic (exact) mass is 445 g/mol. The van der Waals surface area contributed by atoms with Gasteiger partial charge in [0.2, 0.25) is 10.0 Å². The molecular weight excluding hydrogens is 418 g/mol. The van der Waals surface area contributed by atoms with E-state index in [1.165, 1.54) is 24.0 Å². The zero-order valence-electron chi connectivity index (χ0n) is 17.7. The lowest BCUT2D eigenvalue weighted by Gasteiger charge is -2.12. The van der Waals surface area contributed by atoms with Gasteiger partial charge in [-0.05, 0) is 43.2 Å². The standard InChI is InChI=1S/C22H27N3O3S2/c1-17-6-10-19(11-7-17)23-22-25(14-5-15-28-4)21(16-29-22)18-8-12-20(13-9-18)30(26,27)24(2)3/h6-13,16H,5,14-15H2,1-4H3. The van der Waals surface area contributed by atoms with Gasteiger partial charge < -0.3 is 9.30 Å². The van der Waals surface area contributed by atoms with E-state index >= 15 is 0 Å². The van der Waals surface area contributed by atoms with Gasteiger partial charge in [0.05, 0.1) is 16.3 Å². The SMILES string of the molecule is COCCCn1c(-c2ccc(S(=O)(=O)N(C)C)cc2)csc1=Nc1ccc(C)cc1. The molecule has 0 atom stereocenters. The van der Waals surface area contributed by atoms with Crippen LogP contribution < -0.4 is 4.80 Å². The molecule has 0 bridgehead atoms. The molecular formula is C22H27N3O3S2. The lowest BCUT2D eigenvalue weighted by Crippen LogP contribution is -2.22. The maximum absolute atomic E-state index is 12.3. The van der Waals surface area contributed by atoms with Crippen molar-refractivity contribution in [3.8, 4) is 11.3 Å². The van der Waals surface area contributed by atoms with E-state index in [1.54, 1.807) is 30.6 Å². The molecule has 1 heterocycles. The third kappa shape index (κ3) is 5.07. The number of nitrogens with zero attached hydrogens (tertiary/aromatic N) is 3. The highest BCUT2D eigenvalue weighted by Crippen LogP contribution is 2.24. The number of thiazole rings is 1. The number of hydrogen-bond donors (Lipinski definition) is 0. The number of aryl methyl sites for hydroxylation is 1. The van der Waals surface area contributed by atoms with Crippen molar-refractivity contribution in [3.63, 3.8) is 0 Å². The van der Waals surface area contributed by atoms with Gasteiger partial charge in [-0.15, -0.1) is 11.3 Å². The first kappa shape index (κ1) is 22.4. The van der Waals surface area contributed by atoms with E-state index in [1.807, 2.05) is 36.4 Å². The van der Waals surface area contributed by atoms with Gasteiger partial charge in [-0.25, -0.2) is 17.7 Å². The van der Waals surface area contributed by atoms with Crippen LogP contribution in [0, 0.1) is 6.92 Å². The van der Waals surface area contributed by atoms with Crippen molar-refractivity contribution >= 4 is 27.0 Å². The van der Waals surface area contributed by atoms with E-state index in [9.17, 15) is 8.42 Å². The normalized spacial score (nSPS) is 12.6. The third-order valence-corrected chi connectivity index (χ3v) is 7.41. The summed E-state index contributed by atoms with van der Waals surface area (Å²) in [5.41, 5.74) is 4.06. The maximum Gasteiger partial charge on any atom is 0.242 e. The summed E-state index contributed by atoms with van der Waals surface area (Å²) in [6.45, 7) is 3.47. The van der Waals surface area contributed by atoms with Crippen LogP contribution in [-0.2, 0) is 21.3 Å². The Balaban J connectivity index is 2.02. The minimum Gasteiger partial charge on any atom is -0.385 e. The average Bonchev–Trinajstić information content (AvgIpc) is 3.12. The summed E-state index contributed by atoms with van der Waals surface area (Å²) in [4.78, 5) is 6.00. The first-order valence-corrected chi connectivity index (χ1v) is 12.0. The summed E-state index contributed by atoms with van der Waals surface area (Å²) in [5, 5.41) is 2.06. The zero-order valence-corrected chi connectivity index (χ0v) is 19.3. The molecule has 0 saturated carbocycles. The Labute approximate surface area is 182 Å². The van der Waals surface area contributed by atoms with Crippen LogP contribution in [0.3, 0.4) is 0 Å². The van der Waals surface area contributed by atoms with Crippen LogP contribution in [0.15, 0.2) is 63.8 Å². The summed E-state index contributed by atoms with van der Waals surface area (Å²) in [5.74, 6) is 0. The van der Waals surface area contributed by atoms with Gasteiger partial charge >= 0.3 is 0 Å². The Morgan fingerprint density at radius 2 is 1.73 bits per heavy atom. The Hall–Kier alpha value is -2.26. The van der Waals surface area contributed by atoms with Gasteiger partial charge in [0.25, 0.3) is 0 Å². The first-order valence-electron chi connectivity index (χ1n) is 9.64. The average molecular weight is 446 g/mol. The van der Waals surface area contributed by atoms with Crippen molar-refractivity contribution < 1.29 is 13.2 Å². The molecule has 0 spiro atoms. The van der Waals surface area contributed by atoms with Crippen LogP contribution in [0.1, 0.15) is 12.0 Å². The van der Waals surface area contributed by atoms with Crippen LogP contribution in [0.25, 0.3) is 11.3 Å². The van der Waals surface area contributed by atoms with Gasteiger partial charge in [0, 0.05) is 39.7 Å². The molecule has 0 amide bonds. The Morgan fingerprint density at radius 1 is 1.07 bits per heavy atom. The minimum absolute atomic E-state index is 0.280. The fourth-order valence-electron chi connectivity index (χ4n) is 2.97. The highest BCUT2D eigenvalue weighted by Gasteiger charge is 2.17. The molecule has 0 aliphatic carbocycles. The van der Waals surface area contributed by atoms with Crippen LogP contribution in [0.4, 0.5) is 5.69 Å². The molecule has 3 aromatic rings. The van der Waals surface area contributed by atoms with Crippen molar-refractivity contribution in [1.82, 2.24) is 8.87 Å². The number of sulfonamides is 1. The molecule has 0 N–H and O–H groups in total. The predicted octanol–water partition coefficient (Wildman–Crippen LogP) is 4.04. The summed E-state index contributed by atoms with van der Waals surface area (Å²) in [6.07, 6.45) is 0.856. The highest BCUT2D eigenvalue weighted by molar-refractivity contribution is 7.89. The Kier molecular flexibility index (Phi) is 7.25. The molecule has 2 aromatic carbocycles. The van der Waals surface area contributed by atoms with Crippen molar-refractivity contribution in [2.75, 3.05) is 27.8 Å². The molecule has 0 aliphatic heterocycles. The molecule has 0 radical (unpaired) electrons. The molecule has 160 valence electrons. The second-order valence-electron chi connectivity index (χ2n) is 7.16. The van der Waals surface area contributed by atoms with Crippen molar-refractivity contribution in [3.05, 3.63) is 64.3 Å². The van der Waals surface area contributed by atoms with E-state index in [-0.39, 0.29) is 4.90 Å². The second kappa shape index (κ2) is 9.70. The van der Waals surface area contributed by atoms with Crippen LogP contribution in [-0.4, -0.2) is 45.1 Å². The number of rotatable bonds is 8. The molecule has 0 unspecified atom stereocenters. The molecule has 8 heteroatoms. The fraction of sp³-hybridized carbons (Fsp3) is 0.318. The number of hydrogen-bond acceptors (Lipinski definition) is 5. The van der Waals surface area contributed by atoms with Crippen LogP contribution in [0.5, 0.6) is 0 Å². The molecule has 6 nitrogen and oxygen atoms in total. The minimum atomic E-state index is -3.45. The topological polar surface area (TPSA) is 63.9 Å². The van der Waals surface area contributed by atoms with Crippen molar-refractivity contribution in [2.45, 2.75) is 24.8 Å². The summed E-state index contributed by atoms with van der Waals surface area (Å²) < 4.78 is 33.3. The van der Waals surface area contributed by atoms with E-state index in [2.05, 4.69) is 16.9 Å². The molecule has 30 heavy (non-hydrogen) atoms. The predicted molar refractivity (Wildman–Crippen MR) is 122 cm³/mol. The van der Waals surface area contributed by atoms with Gasteiger partial charge in [-0.1, -0.05) is 29.8 Å². The van der Waals surface area contributed by atoms with E-state index in [4.69, 9.17) is 9.73 Å². The molecule has 3 rings (SSSR count). The van der Waals surface area contributed by atoms with Gasteiger partial charge in [-0.2, -0.15) is 0 Å². The van der Waals surface area contributed by atoms with E-state index < -0.39 is 10.0 Å². The van der Waals surface area contributed by atoms with Gasteiger partial charge in [-0.3, -0.25) is 0 Å². The van der Waals surface area contributed by atoms with Crippen molar-refractivity contribution in [2.24, 2.45) is 4.99 Å². The quantitative estimate of drug-likeness (QED) is 0.492. The van der Waals surface area contributed by atoms with E-state index in [0.29, 0.717) is 6.61 Å². The molecule has 0 aliphatic rings. The zero-order chi connectivity index (χ0) is 21.7. The summed E-state index contributed by atoms with van der Waals surface area (Å²) in [7, 11) is 1.31. The number of ether oxygens (including phenoxy) is 1. The van der Waals surface area contributed by atoms with Crippen LogP contribution in [0.2, 0.25) is 0 Å². The van der Waals surface area contributed by atoms with Crippen LogP contribution >= 0.6 is 11.3 Å². The molecule has 0 fully saturated rings. The number of aromatic nitrogens is 1. The van der Waals surface area contributed by atoms with Gasteiger partial charge in [0.1, 0.15) is 0 Å². The number of benzene rings is 2. The smallest absolute Gasteiger partial charge is 0.242 e. The highest BCUT2D eigenvalue weighted by atomic mass is 32.2. The summed E-state index contributed by atoms with van der Waals surface area (Å²) >= 11 is 1.57. The van der Waals surface area contributed by atoms with Gasteiger partial charge in [0.15, 0.2) is 4.80 Å². The Bertz CT molecular complexity index is 1140. The number of methoxy groups -OCH3 is 1. The molecule has 1 aromatic heterocycles. The van der Waals surface area contributed by atoms with E-state index in [0.717, 1.165) is 34.7 Å². The second-order valence-corrected chi connectivity index (χ2v) is 10.1. The maximum atomic E-state index is 12.3. The lowest BCUT2D eigenvalue weighted by molar-refractivity contribution is 0.190. The largest absolute Gasteiger partial charge is 0.385 e. The Morgan fingerprint density at radius 3 is 2.33 bits per heavy atom.